The molecule has 3 aromatic heterocycles. The lowest BCUT2D eigenvalue weighted by Gasteiger charge is -2.30. The molecule has 1 amide bonds. The first kappa shape index (κ1) is 20.2. The van der Waals surface area contributed by atoms with E-state index in [4.69, 9.17) is 0 Å². The normalized spacial score (nSPS) is 15.7. The largest absolute Gasteiger partial charge is 0.352 e. The Labute approximate surface area is 174 Å². The summed E-state index contributed by atoms with van der Waals surface area (Å²) in [5.41, 5.74) is 0.885. The number of amides is 1. The van der Waals surface area contributed by atoms with Gasteiger partial charge in [0.1, 0.15) is 4.90 Å². The Bertz CT molecular complexity index is 1080. The summed E-state index contributed by atoms with van der Waals surface area (Å²) in [7, 11) is -3.57. The maximum absolute atomic E-state index is 12.7. The van der Waals surface area contributed by atoms with Crippen molar-refractivity contribution in [3.05, 3.63) is 66.9 Å². The van der Waals surface area contributed by atoms with Crippen LogP contribution in [0.2, 0.25) is 0 Å². The number of nitrogens with zero attached hydrogens (tertiary/aromatic N) is 5. The maximum Gasteiger partial charge on any atom is 0.244 e. The molecule has 4 heterocycles. The van der Waals surface area contributed by atoms with E-state index in [0.29, 0.717) is 38.3 Å². The number of hydrogen-bond donors (Lipinski definition) is 1. The van der Waals surface area contributed by atoms with Crippen LogP contribution in [0, 0.1) is 5.92 Å². The van der Waals surface area contributed by atoms with E-state index in [1.165, 1.54) is 22.8 Å². The van der Waals surface area contributed by atoms with Crippen molar-refractivity contribution in [2.75, 3.05) is 13.1 Å². The third-order valence-corrected chi connectivity index (χ3v) is 6.99. The molecule has 10 heteroatoms. The number of carbonyl (C=O) groups excluding carboxylic acids is 1. The van der Waals surface area contributed by atoms with Gasteiger partial charge in [-0.2, -0.15) is 9.40 Å². The van der Waals surface area contributed by atoms with Crippen molar-refractivity contribution in [3.63, 3.8) is 0 Å². The van der Waals surface area contributed by atoms with Crippen molar-refractivity contribution in [2.45, 2.75) is 24.3 Å². The van der Waals surface area contributed by atoms with Gasteiger partial charge in [-0.05, 0) is 42.7 Å². The van der Waals surface area contributed by atoms with Gasteiger partial charge in [-0.3, -0.25) is 9.78 Å². The molecule has 0 aliphatic carbocycles. The van der Waals surface area contributed by atoms with E-state index in [9.17, 15) is 13.2 Å². The Balaban J connectivity index is 1.28. The van der Waals surface area contributed by atoms with E-state index in [2.05, 4.69) is 20.4 Å². The number of sulfonamides is 1. The minimum absolute atomic E-state index is 0.0652. The highest BCUT2D eigenvalue weighted by atomic mass is 32.2. The molecule has 4 rings (SSSR count). The van der Waals surface area contributed by atoms with Crippen LogP contribution in [0.15, 0.2) is 66.2 Å². The van der Waals surface area contributed by atoms with Crippen LogP contribution in [0.5, 0.6) is 0 Å². The summed E-state index contributed by atoms with van der Waals surface area (Å²) in [4.78, 5) is 20.9. The van der Waals surface area contributed by atoms with Crippen LogP contribution in [0.3, 0.4) is 0 Å². The Morgan fingerprint density at radius 3 is 2.57 bits per heavy atom. The highest BCUT2D eigenvalue weighted by Gasteiger charge is 2.32. The molecule has 1 aliphatic heterocycles. The fourth-order valence-corrected chi connectivity index (χ4v) is 4.84. The van der Waals surface area contributed by atoms with Crippen molar-refractivity contribution in [1.29, 1.82) is 0 Å². The molecule has 30 heavy (non-hydrogen) atoms. The number of aromatic nitrogens is 4. The van der Waals surface area contributed by atoms with Gasteiger partial charge in [0.25, 0.3) is 0 Å². The fourth-order valence-electron chi connectivity index (χ4n) is 3.40. The molecular formula is C20H22N6O3S. The van der Waals surface area contributed by atoms with Gasteiger partial charge in [0.05, 0.1) is 0 Å². The molecule has 3 aromatic rings. The lowest BCUT2D eigenvalue weighted by molar-refractivity contribution is -0.126. The summed E-state index contributed by atoms with van der Waals surface area (Å²) >= 11 is 0. The lowest BCUT2D eigenvalue weighted by Crippen LogP contribution is -2.42. The first-order valence-corrected chi connectivity index (χ1v) is 11.1. The van der Waals surface area contributed by atoms with Crippen LogP contribution in [0.1, 0.15) is 18.4 Å². The number of piperidine rings is 1. The average Bonchev–Trinajstić information content (AvgIpc) is 3.33. The molecule has 0 unspecified atom stereocenters. The molecule has 1 fully saturated rings. The third-order valence-electron chi connectivity index (χ3n) is 5.11. The Morgan fingerprint density at radius 1 is 1.10 bits per heavy atom. The van der Waals surface area contributed by atoms with Crippen molar-refractivity contribution >= 4 is 15.9 Å². The van der Waals surface area contributed by atoms with Crippen LogP contribution in [0.25, 0.3) is 5.82 Å². The predicted octanol–water partition coefficient (Wildman–Crippen LogP) is 1.38. The van der Waals surface area contributed by atoms with Crippen molar-refractivity contribution in [3.8, 4) is 5.82 Å². The molecule has 0 atom stereocenters. The highest BCUT2D eigenvalue weighted by Crippen LogP contribution is 2.23. The Hall–Kier alpha value is -3.11. The molecule has 156 valence electrons. The molecule has 0 bridgehead atoms. The third kappa shape index (κ3) is 4.39. The average molecular weight is 427 g/mol. The van der Waals surface area contributed by atoms with Gasteiger partial charge in [-0.25, -0.2) is 18.1 Å². The Kier molecular flexibility index (Phi) is 5.86. The summed E-state index contributed by atoms with van der Waals surface area (Å²) in [6.07, 6.45) is 9.06. The lowest BCUT2D eigenvalue weighted by atomic mass is 9.97. The zero-order chi connectivity index (χ0) is 21.0. The maximum atomic E-state index is 12.7. The van der Waals surface area contributed by atoms with Crippen LogP contribution >= 0.6 is 0 Å². The second-order valence-electron chi connectivity index (χ2n) is 7.06. The van der Waals surface area contributed by atoms with E-state index in [1.54, 1.807) is 23.1 Å². The summed E-state index contributed by atoms with van der Waals surface area (Å²) in [6, 6.07) is 8.70. The molecule has 0 saturated carbocycles. The summed E-state index contributed by atoms with van der Waals surface area (Å²) < 4.78 is 28.4. The standard InChI is InChI=1S/C20H22N6O3S/c27-20(23-14-16-4-5-19(22-13-16)26-10-2-9-24-26)17-6-11-25(12-7-17)30(28,29)18-3-1-8-21-15-18/h1-5,8-10,13,15,17H,6-7,11-12,14H2,(H,23,27). The number of hydrogen-bond acceptors (Lipinski definition) is 6. The fraction of sp³-hybridized carbons (Fsp3) is 0.300. The van der Waals surface area contributed by atoms with Gasteiger partial charge in [0.15, 0.2) is 5.82 Å². The van der Waals surface area contributed by atoms with Gasteiger partial charge in [-0.15, -0.1) is 0 Å². The van der Waals surface area contributed by atoms with E-state index in [-0.39, 0.29) is 16.7 Å². The minimum atomic E-state index is -3.57. The number of nitrogens with one attached hydrogen (secondary N) is 1. The van der Waals surface area contributed by atoms with Gasteiger partial charge < -0.3 is 5.32 Å². The second-order valence-corrected chi connectivity index (χ2v) is 9.00. The quantitative estimate of drug-likeness (QED) is 0.638. The molecular weight excluding hydrogens is 404 g/mol. The van der Waals surface area contributed by atoms with Crippen LogP contribution in [-0.2, 0) is 21.4 Å². The Morgan fingerprint density at radius 2 is 1.93 bits per heavy atom. The van der Waals surface area contributed by atoms with Crippen LogP contribution in [-0.4, -0.2) is 51.5 Å². The summed E-state index contributed by atoms with van der Waals surface area (Å²) in [5, 5.41) is 7.06. The summed E-state index contributed by atoms with van der Waals surface area (Å²) in [5.74, 6) is 0.434. The monoisotopic (exact) mass is 426 g/mol. The molecule has 1 saturated heterocycles. The minimum Gasteiger partial charge on any atom is -0.352 e. The molecule has 9 nitrogen and oxygen atoms in total. The zero-order valence-corrected chi connectivity index (χ0v) is 17.1. The van der Waals surface area contributed by atoms with E-state index < -0.39 is 10.0 Å². The number of rotatable bonds is 6. The van der Waals surface area contributed by atoms with E-state index in [1.807, 2.05) is 24.4 Å². The zero-order valence-electron chi connectivity index (χ0n) is 16.3. The summed E-state index contributed by atoms with van der Waals surface area (Å²) in [6.45, 7) is 1.00. The van der Waals surface area contributed by atoms with Gasteiger partial charge >= 0.3 is 0 Å². The first-order valence-electron chi connectivity index (χ1n) is 9.67. The first-order chi connectivity index (χ1) is 14.5. The van der Waals surface area contributed by atoms with E-state index in [0.717, 1.165) is 5.56 Å². The van der Waals surface area contributed by atoms with Gasteiger partial charge in [0, 0.05) is 56.5 Å². The predicted molar refractivity (Wildman–Crippen MR) is 109 cm³/mol. The molecule has 0 radical (unpaired) electrons. The second kappa shape index (κ2) is 8.72. The van der Waals surface area contributed by atoms with Crippen molar-refractivity contribution < 1.29 is 13.2 Å². The van der Waals surface area contributed by atoms with Crippen molar-refractivity contribution in [2.24, 2.45) is 5.92 Å². The smallest absolute Gasteiger partial charge is 0.244 e. The number of pyridine rings is 2. The van der Waals surface area contributed by atoms with Crippen LogP contribution in [0.4, 0.5) is 0 Å². The highest BCUT2D eigenvalue weighted by molar-refractivity contribution is 7.89. The van der Waals surface area contributed by atoms with E-state index >= 15 is 0 Å². The topological polar surface area (TPSA) is 110 Å². The number of carbonyl (C=O) groups is 1. The van der Waals surface area contributed by atoms with Crippen LogP contribution < -0.4 is 5.32 Å². The molecule has 0 aromatic carbocycles. The van der Waals surface area contributed by atoms with Gasteiger partial charge in [-0.1, -0.05) is 6.07 Å². The molecule has 1 aliphatic rings. The molecule has 0 spiro atoms. The van der Waals surface area contributed by atoms with Gasteiger partial charge in [0.2, 0.25) is 15.9 Å². The van der Waals surface area contributed by atoms with Crippen molar-refractivity contribution in [1.82, 2.24) is 29.4 Å². The SMILES string of the molecule is O=C(NCc1ccc(-n2cccn2)nc1)C1CCN(S(=O)(=O)c2cccnc2)CC1. The molecule has 1 N–H and O–H groups in total.